The normalized spacial score (nSPS) is 10.9. The number of halogens is 2. The molecule has 0 unspecified atom stereocenters. The Labute approximate surface area is 129 Å². The van der Waals surface area contributed by atoms with Crippen LogP contribution in [0.25, 0.3) is 16.9 Å². The highest BCUT2D eigenvalue weighted by Gasteiger charge is 2.05. The summed E-state index contributed by atoms with van der Waals surface area (Å²) in [6.45, 7) is -0.390. The topological polar surface area (TPSA) is 26.5 Å². The van der Waals surface area contributed by atoms with Gasteiger partial charge in [-0.25, -0.2) is 9.37 Å². The number of hydrogen-bond acceptors (Lipinski definition) is 2. The second-order valence-corrected chi connectivity index (χ2v) is 5.55. The lowest BCUT2D eigenvalue weighted by molar-refractivity contribution is 0.273. The lowest BCUT2D eigenvalue weighted by atomic mass is 10.2. The molecule has 0 N–H and O–H groups in total. The fraction of sp³-hybridized carbons (Fsp3) is 0.133. The summed E-state index contributed by atoms with van der Waals surface area (Å²) in [5.41, 5.74) is 2.83. The lowest BCUT2D eigenvalue weighted by Crippen LogP contribution is -1.98. The second-order valence-electron chi connectivity index (χ2n) is 4.30. The van der Waals surface area contributed by atoms with Crippen LogP contribution >= 0.6 is 22.6 Å². The van der Waals surface area contributed by atoms with Gasteiger partial charge in [-0.2, -0.15) is 0 Å². The summed E-state index contributed by atoms with van der Waals surface area (Å²) in [5.74, 6) is 0.671. The number of alkyl halides is 1. The van der Waals surface area contributed by atoms with Crippen molar-refractivity contribution >= 4 is 28.2 Å². The van der Waals surface area contributed by atoms with Crippen LogP contribution in [-0.4, -0.2) is 22.7 Å². The largest absolute Gasteiger partial charge is 0.491 e. The minimum atomic E-state index is -0.479. The summed E-state index contributed by atoms with van der Waals surface area (Å²) >= 11 is 2.27. The number of aromatic nitrogens is 2. The summed E-state index contributed by atoms with van der Waals surface area (Å²) in [7, 11) is 0. The molecule has 3 rings (SSSR count). The van der Waals surface area contributed by atoms with Gasteiger partial charge < -0.3 is 9.14 Å². The third kappa shape index (κ3) is 2.77. The molecule has 3 nitrogen and oxygen atoms in total. The van der Waals surface area contributed by atoms with Crippen molar-refractivity contribution in [2.45, 2.75) is 0 Å². The van der Waals surface area contributed by atoms with Crippen LogP contribution in [0.4, 0.5) is 4.39 Å². The number of nitrogens with zero attached hydrogens (tertiary/aromatic N) is 2. The molecule has 0 aliphatic heterocycles. The average Bonchev–Trinajstić information content (AvgIpc) is 2.88. The van der Waals surface area contributed by atoms with Gasteiger partial charge in [-0.05, 0) is 59.0 Å². The molecule has 0 fully saturated rings. The number of hydrogen-bond donors (Lipinski definition) is 0. The molecule has 3 aromatic rings. The van der Waals surface area contributed by atoms with Crippen molar-refractivity contribution in [3.05, 3.63) is 52.4 Å². The van der Waals surface area contributed by atoms with Gasteiger partial charge >= 0.3 is 0 Å². The van der Waals surface area contributed by atoms with Crippen LogP contribution in [0.5, 0.6) is 5.75 Å². The van der Waals surface area contributed by atoms with Crippen molar-refractivity contribution < 1.29 is 9.13 Å². The standard InChI is InChI=1S/C15H12FIN2O/c16-7-8-20-13-4-1-11(2-5-13)14-10-19-9-12(17)3-6-15(19)18-14/h1-6,9-10H,7-8H2/i17-4. The fourth-order valence-electron chi connectivity index (χ4n) is 1.98. The Kier molecular flexibility index (Phi) is 3.86. The Hall–Kier alpha value is -1.63. The molecule has 2 aromatic heterocycles. The molecule has 0 atom stereocenters. The minimum absolute atomic E-state index is 0.0894. The molecule has 2 heterocycles. The number of imidazole rings is 1. The molecule has 0 radical (unpaired) electrons. The molecular formula is C15H12FIN2O. The monoisotopic (exact) mass is 378 g/mol. The predicted octanol–water partition coefficient (Wildman–Crippen LogP) is 3.95. The number of ether oxygens (including phenoxy) is 1. The number of rotatable bonds is 4. The van der Waals surface area contributed by atoms with Gasteiger partial charge in [0.2, 0.25) is 0 Å². The van der Waals surface area contributed by atoms with Crippen molar-refractivity contribution in [1.82, 2.24) is 9.38 Å². The van der Waals surface area contributed by atoms with Crippen LogP contribution in [-0.2, 0) is 0 Å². The molecule has 0 saturated carbocycles. The lowest BCUT2D eigenvalue weighted by Gasteiger charge is -2.03. The third-order valence-corrected chi connectivity index (χ3v) is 3.55. The van der Waals surface area contributed by atoms with Gasteiger partial charge in [0.15, 0.2) is 0 Å². The maximum atomic E-state index is 12.0. The van der Waals surface area contributed by atoms with Crippen LogP contribution in [0.2, 0.25) is 0 Å². The van der Waals surface area contributed by atoms with Gasteiger partial charge in [0, 0.05) is 21.5 Å². The Morgan fingerprint density at radius 3 is 2.65 bits per heavy atom. The average molecular weight is 378 g/mol. The van der Waals surface area contributed by atoms with Gasteiger partial charge in [0.1, 0.15) is 24.7 Å². The van der Waals surface area contributed by atoms with Gasteiger partial charge in [0.05, 0.1) is 5.69 Å². The first-order chi connectivity index (χ1) is 9.76. The molecular weight excluding hydrogens is 366 g/mol. The first-order valence-corrected chi connectivity index (χ1v) is 7.27. The fourth-order valence-corrected chi connectivity index (χ4v) is 2.46. The zero-order valence-electron chi connectivity index (χ0n) is 10.6. The second kappa shape index (κ2) is 5.78. The molecule has 0 bridgehead atoms. The Bertz CT molecular complexity index is 724. The number of pyridine rings is 1. The van der Waals surface area contributed by atoms with Crippen LogP contribution < -0.4 is 4.74 Å². The summed E-state index contributed by atoms with van der Waals surface area (Å²) in [5, 5.41) is 0. The molecule has 20 heavy (non-hydrogen) atoms. The predicted molar refractivity (Wildman–Crippen MR) is 84.8 cm³/mol. The van der Waals surface area contributed by atoms with E-state index in [4.69, 9.17) is 4.74 Å². The molecule has 0 amide bonds. The zero-order valence-corrected chi connectivity index (χ0v) is 12.7. The van der Waals surface area contributed by atoms with Crippen molar-refractivity contribution in [2.24, 2.45) is 0 Å². The molecule has 1 aromatic carbocycles. The van der Waals surface area contributed by atoms with E-state index in [1.807, 2.05) is 53.2 Å². The van der Waals surface area contributed by atoms with Gasteiger partial charge in [-0.3, -0.25) is 0 Å². The number of fused-ring (bicyclic) bond motifs is 1. The molecule has 0 aliphatic rings. The van der Waals surface area contributed by atoms with Crippen LogP contribution in [0, 0.1) is 3.57 Å². The van der Waals surface area contributed by atoms with E-state index in [-0.39, 0.29) is 6.61 Å². The SMILES string of the molecule is FCCOc1ccc(-c2cn3cc([123I])ccc3n2)cc1. The maximum absolute atomic E-state index is 12.0. The first-order valence-electron chi connectivity index (χ1n) is 6.20. The van der Waals surface area contributed by atoms with Crippen molar-refractivity contribution in [1.29, 1.82) is 0 Å². The first kappa shape index (κ1) is 13.4. The van der Waals surface area contributed by atoms with E-state index in [0.717, 1.165) is 20.5 Å². The van der Waals surface area contributed by atoms with E-state index < -0.39 is 6.67 Å². The van der Waals surface area contributed by atoms with Crippen LogP contribution in [0.15, 0.2) is 48.8 Å². The molecule has 0 saturated heterocycles. The van der Waals surface area contributed by atoms with E-state index in [1.165, 1.54) is 0 Å². The van der Waals surface area contributed by atoms with E-state index in [0.29, 0.717) is 5.75 Å². The summed E-state index contributed by atoms with van der Waals surface area (Å²) in [4.78, 5) is 4.57. The molecule has 0 spiro atoms. The highest BCUT2D eigenvalue weighted by Crippen LogP contribution is 2.22. The van der Waals surface area contributed by atoms with Gasteiger partial charge in [-0.15, -0.1) is 0 Å². The van der Waals surface area contributed by atoms with E-state index >= 15 is 0 Å². The van der Waals surface area contributed by atoms with Gasteiger partial charge in [0.25, 0.3) is 0 Å². The van der Waals surface area contributed by atoms with Gasteiger partial charge in [-0.1, -0.05) is 0 Å². The highest BCUT2D eigenvalue weighted by atomic mass is 123. The quantitative estimate of drug-likeness (QED) is 0.643. The van der Waals surface area contributed by atoms with Crippen LogP contribution in [0.1, 0.15) is 0 Å². The van der Waals surface area contributed by atoms with Crippen molar-refractivity contribution in [3.63, 3.8) is 0 Å². The molecule has 0 aliphatic carbocycles. The third-order valence-electron chi connectivity index (χ3n) is 2.91. The smallest absolute Gasteiger partial charge is 0.137 e. The van der Waals surface area contributed by atoms with Crippen molar-refractivity contribution in [2.75, 3.05) is 13.3 Å². The summed E-state index contributed by atoms with van der Waals surface area (Å²) in [6.07, 6.45) is 4.03. The highest BCUT2D eigenvalue weighted by molar-refractivity contribution is 14.1. The molecule has 5 heteroatoms. The molecule has 102 valence electrons. The maximum Gasteiger partial charge on any atom is 0.137 e. The number of benzene rings is 1. The minimum Gasteiger partial charge on any atom is -0.491 e. The van der Waals surface area contributed by atoms with Crippen LogP contribution in [0.3, 0.4) is 0 Å². The summed E-state index contributed by atoms with van der Waals surface area (Å²) in [6, 6.07) is 11.5. The Balaban J connectivity index is 1.90. The van der Waals surface area contributed by atoms with E-state index in [1.54, 1.807) is 0 Å². The van der Waals surface area contributed by atoms with E-state index in [2.05, 4.69) is 27.6 Å². The zero-order chi connectivity index (χ0) is 13.9. The van der Waals surface area contributed by atoms with E-state index in [9.17, 15) is 4.39 Å². The Morgan fingerprint density at radius 1 is 1.10 bits per heavy atom. The van der Waals surface area contributed by atoms with Crippen molar-refractivity contribution in [3.8, 4) is 17.0 Å². The Morgan fingerprint density at radius 2 is 1.90 bits per heavy atom. The summed E-state index contributed by atoms with van der Waals surface area (Å²) < 4.78 is 20.4.